The number of nitrogens with zero attached hydrogens (tertiary/aromatic N) is 2. The van der Waals surface area contributed by atoms with E-state index in [0.717, 1.165) is 29.6 Å². The Balaban J connectivity index is 2.20. The summed E-state index contributed by atoms with van der Waals surface area (Å²) in [5.74, 6) is 0.438. The van der Waals surface area contributed by atoms with E-state index in [4.69, 9.17) is 0 Å². The lowest BCUT2D eigenvalue weighted by Crippen LogP contribution is -2.28. The van der Waals surface area contributed by atoms with Gasteiger partial charge in [0.25, 0.3) is 0 Å². The van der Waals surface area contributed by atoms with E-state index in [0.29, 0.717) is 12.0 Å². The number of anilines is 1. The molecule has 2 atom stereocenters. The molecule has 20 heavy (non-hydrogen) atoms. The number of hydrogen-bond donors (Lipinski definition) is 1. The molecule has 1 aliphatic heterocycles. The number of fused-ring (bicyclic) bond motifs is 1. The number of benzene rings is 1. The van der Waals surface area contributed by atoms with Crippen LogP contribution in [0.25, 0.3) is 10.8 Å². The summed E-state index contributed by atoms with van der Waals surface area (Å²) in [4.78, 5) is 17.9. The third-order valence-corrected chi connectivity index (χ3v) is 4.00. The average Bonchev–Trinajstić information content (AvgIpc) is 2.76. The average molecular weight is 270 g/mol. The molecule has 0 bridgehead atoms. The van der Waals surface area contributed by atoms with Crippen LogP contribution in [0, 0.1) is 5.92 Å². The van der Waals surface area contributed by atoms with Gasteiger partial charge in [0.15, 0.2) is 5.69 Å². The molecule has 0 spiro atoms. The van der Waals surface area contributed by atoms with Gasteiger partial charge >= 0.3 is 5.97 Å². The van der Waals surface area contributed by atoms with Gasteiger partial charge in [-0.1, -0.05) is 31.2 Å². The van der Waals surface area contributed by atoms with Crippen LogP contribution in [0.5, 0.6) is 0 Å². The molecule has 0 saturated carbocycles. The van der Waals surface area contributed by atoms with Gasteiger partial charge < -0.3 is 10.0 Å². The van der Waals surface area contributed by atoms with Gasteiger partial charge in [0.05, 0.1) is 0 Å². The first-order valence-corrected chi connectivity index (χ1v) is 6.96. The zero-order valence-electron chi connectivity index (χ0n) is 11.7. The second kappa shape index (κ2) is 4.78. The van der Waals surface area contributed by atoms with E-state index < -0.39 is 5.97 Å². The van der Waals surface area contributed by atoms with Crippen molar-refractivity contribution in [3.05, 3.63) is 36.0 Å². The summed E-state index contributed by atoms with van der Waals surface area (Å²) in [6.07, 6.45) is 1.12. The van der Waals surface area contributed by atoms with Crippen LogP contribution in [0.2, 0.25) is 0 Å². The maximum Gasteiger partial charge on any atom is 0.354 e. The van der Waals surface area contributed by atoms with Crippen molar-refractivity contribution in [2.24, 2.45) is 5.92 Å². The molecule has 0 amide bonds. The van der Waals surface area contributed by atoms with E-state index in [2.05, 4.69) is 23.7 Å². The zero-order chi connectivity index (χ0) is 14.3. The monoisotopic (exact) mass is 270 g/mol. The molecule has 3 rings (SSSR count). The zero-order valence-corrected chi connectivity index (χ0v) is 11.7. The fourth-order valence-electron chi connectivity index (χ4n) is 3.10. The standard InChI is InChI=1S/C16H18N2O2/c1-10-7-11(2)18(9-10)15-13-6-4-3-5-12(13)8-14(17-15)16(19)20/h3-6,8,10-11H,7,9H2,1-2H3,(H,19,20). The minimum Gasteiger partial charge on any atom is -0.477 e. The van der Waals surface area contributed by atoms with Crippen molar-refractivity contribution in [1.82, 2.24) is 4.98 Å². The number of pyridine rings is 1. The number of hydrogen-bond acceptors (Lipinski definition) is 3. The predicted molar refractivity (Wildman–Crippen MR) is 79.3 cm³/mol. The normalized spacial score (nSPS) is 22.4. The van der Waals surface area contributed by atoms with Gasteiger partial charge in [-0.2, -0.15) is 0 Å². The fourth-order valence-corrected chi connectivity index (χ4v) is 3.10. The van der Waals surface area contributed by atoms with Gasteiger partial charge in [-0.15, -0.1) is 0 Å². The van der Waals surface area contributed by atoms with E-state index >= 15 is 0 Å². The Kier molecular flexibility index (Phi) is 3.08. The van der Waals surface area contributed by atoms with Crippen LogP contribution in [0.4, 0.5) is 5.82 Å². The summed E-state index contributed by atoms with van der Waals surface area (Å²) < 4.78 is 0. The predicted octanol–water partition coefficient (Wildman–Crippen LogP) is 3.17. The van der Waals surface area contributed by atoms with Crippen LogP contribution in [0.1, 0.15) is 30.8 Å². The quantitative estimate of drug-likeness (QED) is 0.910. The highest BCUT2D eigenvalue weighted by Gasteiger charge is 2.28. The molecule has 2 aromatic rings. The molecule has 4 nitrogen and oxygen atoms in total. The van der Waals surface area contributed by atoms with Crippen molar-refractivity contribution in [2.45, 2.75) is 26.3 Å². The molecule has 1 aromatic carbocycles. The van der Waals surface area contributed by atoms with Gasteiger partial charge in [-0.25, -0.2) is 9.78 Å². The van der Waals surface area contributed by atoms with Crippen LogP contribution in [0.3, 0.4) is 0 Å². The summed E-state index contributed by atoms with van der Waals surface area (Å²) in [6, 6.07) is 9.89. The lowest BCUT2D eigenvalue weighted by molar-refractivity contribution is 0.0691. The SMILES string of the molecule is CC1CC(C)N(c2nc(C(=O)O)cc3ccccc23)C1. The van der Waals surface area contributed by atoms with Gasteiger partial charge in [0, 0.05) is 18.0 Å². The van der Waals surface area contributed by atoms with Crippen LogP contribution in [-0.4, -0.2) is 28.6 Å². The minimum atomic E-state index is -0.975. The number of aromatic nitrogens is 1. The number of carboxylic acid groups (broad SMARTS) is 1. The molecular formula is C16H18N2O2. The second-order valence-electron chi connectivity index (χ2n) is 5.70. The molecule has 0 aliphatic carbocycles. The number of carbonyl (C=O) groups is 1. The topological polar surface area (TPSA) is 53.4 Å². The summed E-state index contributed by atoms with van der Waals surface area (Å²) in [5, 5.41) is 11.2. The largest absolute Gasteiger partial charge is 0.477 e. The number of rotatable bonds is 2. The molecule has 1 saturated heterocycles. The first-order valence-electron chi connectivity index (χ1n) is 6.96. The first-order chi connectivity index (χ1) is 9.56. The van der Waals surface area contributed by atoms with Crippen molar-refractivity contribution in [2.75, 3.05) is 11.4 Å². The first kappa shape index (κ1) is 12.9. The summed E-state index contributed by atoms with van der Waals surface area (Å²) in [7, 11) is 0. The van der Waals surface area contributed by atoms with Gasteiger partial charge in [-0.3, -0.25) is 0 Å². The van der Waals surface area contributed by atoms with Crippen LogP contribution >= 0.6 is 0 Å². The Morgan fingerprint density at radius 3 is 2.75 bits per heavy atom. The lowest BCUT2D eigenvalue weighted by Gasteiger charge is -2.24. The molecule has 0 radical (unpaired) electrons. The molecule has 104 valence electrons. The Morgan fingerprint density at radius 2 is 2.10 bits per heavy atom. The van der Waals surface area contributed by atoms with E-state index in [-0.39, 0.29) is 5.69 Å². The third-order valence-electron chi connectivity index (χ3n) is 4.00. The van der Waals surface area contributed by atoms with Gasteiger partial charge in [0.2, 0.25) is 0 Å². The van der Waals surface area contributed by atoms with E-state index in [1.54, 1.807) is 6.07 Å². The molecule has 1 N–H and O–H groups in total. The highest BCUT2D eigenvalue weighted by Crippen LogP contribution is 2.33. The Labute approximate surface area is 118 Å². The summed E-state index contributed by atoms with van der Waals surface area (Å²) in [5.41, 5.74) is 0.116. The third kappa shape index (κ3) is 2.11. The van der Waals surface area contributed by atoms with Gasteiger partial charge in [0.1, 0.15) is 5.82 Å². The van der Waals surface area contributed by atoms with Crippen molar-refractivity contribution in [1.29, 1.82) is 0 Å². The van der Waals surface area contributed by atoms with Crippen molar-refractivity contribution in [3.63, 3.8) is 0 Å². The smallest absolute Gasteiger partial charge is 0.354 e. The summed E-state index contributed by atoms with van der Waals surface area (Å²) >= 11 is 0. The highest BCUT2D eigenvalue weighted by atomic mass is 16.4. The van der Waals surface area contributed by atoms with Crippen molar-refractivity contribution in [3.8, 4) is 0 Å². The Hall–Kier alpha value is -2.10. The number of aromatic carboxylic acids is 1. The van der Waals surface area contributed by atoms with Crippen molar-refractivity contribution >= 4 is 22.6 Å². The molecule has 1 aromatic heterocycles. The van der Waals surface area contributed by atoms with E-state index in [9.17, 15) is 9.90 Å². The minimum absolute atomic E-state index is 0.116. The van der Waals surface area contributed by atoms with Crippen LogP contribution in [0.15, 0.2) is 30.3 Å². The van der Waals surface area contributed by atoms with Crippen LogP contribution < -0.4 is 4.90 Å². The molecule has 1 fully saturated rings. The molecule has 2 heterocycles. The Bertz CT molecular complexity index is 669. The second-order valence-corrected chi connectivity index (χ2v) is 5.70. The highest BCUT2D eigenvalue weighted by molar-refractivity contribution is 5.98. The van der Waals surface area contributed by atoms with E-state index in [1.165, 1.54) is 0 Å². The molecule has 1 aliphatic rings. The van der Waals surface area contributed by atoms with E-state index in [1.807, 2.05) is 24.3 Å². The van der Waals surface area contributed by atoms with Gasteiger partial charge in [-0.05, 0) is 30.7 Å². The maximum absolute atomic E-state index is 11.3. The Morgan fingerprint density at radius 1 is 1.35 bits per heavy atom. The molecule has 2 unspecified atom stereocenters. The van der Waals surface area contributed by atoms with Crippen LogP contribution in [-0.2, 0) is 0 Å². The lowest BCUT2D eigenvalue weighted by atomic mass is 10.1. The maximum atomic E-state index is 11.3. The molecule has 4 heteroatoms. The van der Waals surface area contributed by atoms with Crippen molar-refractivity contribution < 1.29 is 9.90 Å². The molecular weight excluding hydrogens is 252 g/mol. The summed E-state index contributed by atoms with van der Waals surface area (Å²) in [6.45, 7) is 5.33. The number of carboxylic acids is 1. The fraction of sp³-hybridized carbons (Fsp3) is 0.375.